The van der Waals surface area contributed by atoms with E-state index < -0.39 is 0 Å². The molecule has 0 aliphatic heterocycles. The highest BCUT2D eigenvalue weighted by atomic mass is 79.9. The summed E-state index contributed by atoms with van der Waals surface area (Å²) < 4.78 is 2.20. The predicted octanol–water partition coefficient (Wildman–Crippen LogP) is 10.7. The summed E-state index contributed by atoms with van der Waals surface area (Å²) in [6.07, 6.45) is 0. The first-order chi connectivity index (χ1) is 16.2. The van der Waals surface area contributed by atoms with Crippen molar-refractivity contribution in [2.45, 2.75) is 41.5 Å². The number of hydrogen-bond donors (Lipinski definition) is 0. The number of fused-ring (bicyclic) bond motifs is 2. The molecule has 5 rings (SSSR count). The van der Waals surface area contributed by atoms with Crippen molar-refractivity contribution in [1.29, 1.82) is 0 Å². The van der Waals surface area contributed by atoms with Crippen molar-refractivity contribution in [3.63, 3.8) is 0 Å². The summed E-state index contributed by atoms with van der Waals surface area (Å²) in [6.45, 7) is 13.3. The molecule has 0 radical (unpaired) electrons. The Balaban J connectivity index is 2.08. The van der Waals surface area contributed by atoms with Crippen LogP contribution >= 0.6 is 31.9 Å². The van der Waals surface area contributed by atoms with Gasteiger partial charge < -0.3 is 0 Å². The minimum absolute atomic E-state index is 1.10. The van der Waals surface area contributed by atoms with E-state index in [-0.39, 0.29) is 0 Å². The van der Waals surface area contributed by atoms with Crippen LogP contribution in [0.15, 0.2) is 69.6 Å². The van der Waals surface area contributed by atoms with Crippen LogP contribution in [0.3, 0.4) is 0 Å². The van der Waals surface area contributed by atoms with Crippen LogP contribution in [0.2, 0.25) is 0 Å². The lowest BCUT2D eigenvalue weighted by atomic mass is 9.81. The average molecular weight is 572 g/mol. The van der Waals surface area contributed by atoms with Gasteiger partial charge in [0.25, 0.3) is 0 Å². The van der Waals surface area contributed by atoms with E-state index in [2.05, 4.69) is 134 Å². The fraction of sp³-hybridized carbons (Fsp3) is 0.188. The Bertz CT molecular complexity index is 1510. The first-order valence-corrected chi connectivity index (χ1v) is 13.2. The third kappa shape index (κ3) is 3.82. The van der Waals surface area contributed by atoms with Gasteiger partial charge in [-0.3, -0.25) is 0 Å². The zero-order chi connectivity index (χ0) is 24.3. The van der Waals surface area contributed by atoms with Gasteiger partial charge >= 0.3 is 0 Å². The molecule has 0 nitrogen and oxygen atoms in total. The molecule has 0 saturated carbocycles. The lowest BCUT2D eigenvalue weighted by Gasteiger charge is -2.23. The zero-order valence-electron chi connectivity index (χ0n) is 20.5. The Hall–Kier alpha value is -2.42. The largest absolute Gasteiger partial charge is 0.0557 e. The van der Waals surface area contributed by atoms with Crippen molar-refractivity contribution in [3.8, 4) is 22.3 Å². The molecule has 5 aromatic rings. The van der Waals surface area contributed by atoms with Crippen molar-refractivity contribution >= 4 is 53.4 Å². The molecule has 0 heterocycles. The molecule has 0 saturated heterocycles. The second kappa shape index (κ2) is 8.66. The molecule has 0 bridgehead atoms. The Labute approximate surface area is 219 Å². The van der Waals surface area contributed by atoms with E-state index in [0.29, 0.717) is 0 Å². The summed E-state index contributed by atoms with van der Waals surface area (Å²) in [6, 6.07) is 22.7. The SMILES string of the molecule is Cc1cc(C)c(-c2c3ccc(Br)cc3c(-c3c(C)cc(C)cc3C)c3cc(Br)ccc23)c(C)c1. The normalized spacial score (nSPS) is 11.5. The molecule has 0 atom stereocenters. The summed E-state index contributed by atoms with van der Waals surface area (Å²) in [5, 5.41) is 5.15. The minimum Gasteiger partial charge on any atom is -0.0557 e. The Morgan fingerprint density at radius 1 is 0.382 bits per heavy atom. The van der Waals surface area contributed by atoms with Crippen molar-refractivity contribution in [1.82, 2.24) is 0 Å². The number of aryl methyl sites for hydroxylation is 6. The molecule has 0 aromatic heterocycles. The van der Waals surface area contributed by atoms with Gasteiger partial charge in [-0.2, -0.15) is 0 Å². The van der Waals surface area contributed by atoms with Gasteiger partial charge in [-0.1, -0.05) is 79.4 Å². The van der Waals surface area contributed by atoms with Crippen LogP contribution in [-0.4, -0.2) is 0 Å². The van der Waals surface area contributed by atoms with Gasteiger partial charge in [-0.05, 0) is 132 Å². The average Bonchev–Trinajstić information content (AvgIpc) is 2.73. The molecule has 0 unspecified atom stereocenters. The topological polar surface area (TPSA) is 0 Å². The zero-order valence-corrected chi connectivity index (χ0v) is 23.7. The molecule has 170 valence electrons. The van der Waals surface area contributed by atoms with Gasteiger partial charge in [-0.25, -0.2) is 0 Å². The molecule has 0 aliphatic rings. The minimum atomic E-state index is 1.10. The Kier molecular flexibility index (Phi) is 5.94. The van der Waals surface area contributed by atoms with Gasteiger partial charge in [0.1, 0.15) is 0 Å². The van der Waals surface area contributed by atoms with E-state index in [1.165, 1.54) is 77.2 Å². The summed E-state index contributed by atoms with van der Waals surface area (Å²) in [5.74, 6) is 0. The predicted molar refractivity (Wildman–Crippen MR) is 156 cm³/mol. The van der Waals surface area contributed by atoms with E-state index in [1.807, 2.05) is 0 Å². The molecular formula is C32H28Br2. The van der Waals surface area contributed by atoms with Crippen LogP contribution in [-0.2, 0) is 0 Å². The summed E-state index contributed by atoms with van der Waals surface area (Å²) in [5.41, 5.74) is 13.2. The van der Waals surface area contributed by atoms with E-state index in [0.717, 1.165) is 8.95 Å². The number of hydrogen-bond acceptors (Lipinski definition) is 0. The fourth-order valence-corrected chi connectivity index (χ4v) is 6.58. The maximum atomic E-state index is 3.78. The summed E-state index contributed by atoms with van der Waals surface area (Å²) in [4.78, 5) is 0. The maximum Gasteiger partial charge on any atom is 0.0181 e. The molecule has 0 fully saturated rings. The third-order valence-electron chi connectivity index (χ3n) is 6.89. The van der Waals surface area contributed by atoms with Gasteiger partial charge in [-0.15, -0.1) is 0 Å². The second-order valence-corrected chi connectivity index (χ2v) is 11.5. The first-order valence-electron chi connectivity index (χ1n) is 11.7. The molecule has 34 heavy (non-hydrogen) atoms. The number of rotatable bonds is 2. The standard InChI is InChI=1S/C32H28Br2/c1-17-11-19(3)29(20(4)12-17)31-25-9-7-23(33)15-27(25)32(28-16-24(34)8-10-26(28)31)30-21(5)13-18(2)14-22(30)6/h7-16H,1-6H3. The molecule has 5 aromatic carbocycles. The van der Waals surface area contributed by atoms with Crippen LogP contribution in [0.4, 0.5) is 0 Å². The van der Waals surface area contributed by atoms with Crippen LogP contribution < -0.4 is 0 Å². The highest BCUT2D eigenvalue weighted by molar-refractivity contribution is 9.10. The van der Waals surface area contributed by atoms with Crippen LogP contribution in [0.1, 0.15) is 33.4 Å². The lowest BCUT2D eigenvalue weighted by Crippen LogP contribution is -1.97. The van der Waals surface area contributed by atoms with Gasteiger partial charge in [0.05, 0.1) is 0 Å². The summed E-state index contributed by atoms with van der Waals surface area (Å²) in [7, 11) is 0. The van der Waals surface area contributed by atoms with Crippen LogP contribution in [0.25, 0.3) is 43.8 Å². The fourth-order valence-electron chi connectivity index (χ4n) is 5.86. The smallest absolute Gasteiger partial charge is 0.0181 e. The van der Waals surface area contributed by atoms with Gasteiger partial charge in [0, 0.05) is 8.95 Å². The van der Waals surface area contributed by atoms with Crippen molar-refractivity contribution in [2.75, 3.05) is 0 Å². The molecular weight excluding hydrogens is 544 g/mol. The quantitative estimate of drug-likeness (QED) is 0.185. The van der Waals surface area contributed by atoms with Crippen molar-refractivity contribution in [2.24, 2.45) is 0 Å². The monoisotopic (exact) mass is 570 g/mol. The lowest BCUT2D eigenvalue weighted by molar-refractivity contribution is 1.32. The molecule has 0 amide bonds. The van der Waals surface area contributed by atoms with Crippen LogP contribution in [0.5, 0.6) is 0 Å². The van der Waals surface area contributed by atoms with E-state index in [9.17, 15) is 0 Å². The number of halogens is 2. The van der Waals surface area contributed by atoms with Crippen LogP contribution in [0, 0.1) is 41.5 Å². The Morgan fingerprint density at radius 3 is 1.06 bits per heavy atom. The molecule has 2 heteroatoms. The van der Waals surface area contributed by atoms with Gasteiger partial charge in [0.15, 0.2) is 0 Å². The molecule has 0 N–H and O–H groups in total. The van der Waals surface area contributed by atoms with Gasteiger partial charge in [0.2, 0.25) is 0 Å². The Morgan fingerprint density at radius 2 is 0.706 bits per heavy atom. The second-order valence-electron chi connectivity index (χ2n) is 9.68. The maximum absolute atomic E-state index is 3.78. The first kappa shape index (κ1) is 23.3. The number of benzene rings is 5. The van der Waals surface area contributed by atoms with E-state index in [1.54, 1.807) is 0 Å². The van der Waals surface area contributed by atoms with Crippen molar-refractivity contribution < 1.29 is 0 Å². The highest BCUT2D eigenvalue weighted by Crippen LogP contribution is 2.48. The molecule has 0 spiro atoms. The summed E-state index contributed by atoms with van der Waals surface area (Å²) >= 11 is 7.55. The van der Waals surface area contributed by atoms with Crippen molar-refractivity contribution in [3.05, 3.63) is 103 Å². The van der Waals surface area contributed by atoms with E-state index in [4.69, 9.17) is 0 Å². The third-order valence-corrected chi connectivity index (χ3v) is 7.88. The molecule has 0 aliphatic carbocycles. The highest BCUT2D eigenvalue weighted by Gasteiger charge is 2.21. The van der Waals surface area contributed by atoms with E-state index >= 15 is 0 Å².